The number of urea groups is 1. The first-order valence-electron chi connectivity index (χ1n) is 4.81. The van der Waals surface area contributed by atoms with E-state index in [-0.39, 0.29) is 0 Å². The summed E-state index contributed by atoms with van der Waals surface area (Å²) in [6, 6.07) is -0.467. The van der Waals surface area contributed by atoms with Gasteiger partial charge < -0.3 is 5.73 Å². The number of fused-ring (bicyclic) bond motifs is 3. The lowest BCUT2D eigenvalue weighted by molar-refractivity contribution is 0.223. The van der Waals surface area contributed by atoms with Gasteiger partial charge in [-0.3, -0.25) is 9.88 Å². The van der Waals surface area contributed by atoms with Crippen molar-refractivity contribution in [3.8, 4) is 0 Å². The van der Waals surface area contributed by atoms with Gasteiger partial charge >= 0.3 is 6.03 Å². The van der Waals surface area contributed by atoms with Crippen LogP contribution < -0.4 is 5.73 Å². The molecule has 0 saturated carbocycles. The highest BCUT2D eigenvalue weighted by molar-refractivity contribution is 5.77. The summed E-state index contributed by atoms with van der Waals surface area (Å²) in [6.45, 7) is 0.441. The van der Waals surface area contributed by atoms with Crippen LogP contribution in [0, 0.1) is 0 Å². The van der Waals surface area contributed by atoms with Gasteiger partial charge in [0.15, 0.2) is 0 Å². The maximum atomic E-state index is 11.1. The molecule has 1 aliphatic heterocycles. The zero-order valence-corrected chi connectivity index (χ0v) is 8.37. The Morgan fingerprint density at radius 2 is 2.38 bits per heavy atom. The smallest absolute Gasteiger partial charge is 0.319 e. The first-order valence-corrected chi connectivity index (χ1v) is 4.81. The fourth-order valence-electron chi connectivity index (χ4n) is 1.80. The van der Waals surface area contributed by atoms with Gasteiger partial charge in [-0.15, -0.1) is 0 Å². The average molecular weight is 215 g/mol. The van der Waals surface area contributed by atoms with Gasteiger partial charge in [0.25, 0.3) is 0 Å². The molecule has 0 radical (unpaired) electrons. The Bertz CT molecular complexity index is 600. The Morgan fingerprint density at radius 3 is 3.19 bits per heavy atom. The molecular weight excluding hydrogens is 206 g/mol. The minimum absolute atomic E-state index is 0.441. The first-order chi connectivity index (χ1) is 7.75. The van der Waals surface area contributed by atoms with Crippen molar-refractivity contribution in [2.45, 2.75) is 6.54 Å². The Morgan fingerprint density at radius 1 is 1.50 bits per heavy atom. The van der Waals surface area contributed by atoms with Crippen LogP contribution in [0.3, 0.4) is 0 Å². The number of amides is 2. The maximum absolute atomic E-state index is 11.1. The van der Waals surface area contributed by atoms with Crippen molar-refractivity contribution in [3.63, 3.8) is 0 Å². The second-order valence-electron chi connectivity index (χ2n) is 3.55. The molecule has 0 unspecified atom stereocenters. The molecule has 0 aromatic carbocycles. The Labute approximate surface area is 91.0 Å². The van der Waals surface area contributed by atoms with E-state index in [1.54, 1.807) is 35.4 Å². The van der Waals surface area contributed by atoms with E-state index in [1.807, 2.05) is 0 Å². The van der Waals surface area contributed by atoms with Crippen molar-refractivity contribution in [2.75, 3.05) is 0 Å². The molecule has 0 fully saturated rings. The maximum Gasteiger partial charge on any atom is 0.319 e. The number of rotatable bonds is 0. The predicted octanol–water partition coefficient (Wildman–Crippen LogP) is 0.594. The molecule has 0 aliphatic carbocycles. The standard InChI is InChI=1S/C10H9N5O/c11-10(16)14-3-1-8-7(6-14)9-5-12-2-4-15(9)13-8/h1-5H,6H2,(H2,11,16). The van der Waals surface area contributed by atoms with Crippen molar-refractivity contribution >= 4 is 17.6 Å². The Balaban J connectivity index is 2.17. The molecular formula is C10H9N5O. The summed E-state index contributed by atoms with van der Waals surface area (Å²) >= 11 is 0. The largest absolute Gasteiger partial charge is 0.351 e. The molecule has 0 atom stereocenters. The molecule has 2 amide bonds. The van der Waals surface area contributed by atoms with E-state index in [0.717, 1.165) is 16.8 Å². The molecule has 0 spiro atoms. The quantitative estimate of drug-likeness (QED) is 0.698. The summed E-state index contributed by atoms with van der Waals surface area (Å²) in [6.07, 6.45) is 8.59. The van der Waals surface area contributed by atoms with Gasteiger partial charge in [0.2, 0.25) is 0 Å². The summed E-state index contributed by atoms with van der Waals surface area (Å²) in [5.74, 6) is 0. The topological polar surface area (TPSA) is 76.5 Å². The molecule has 16 heavy (non-hydrogen) atoms. The van der Waals surface area contributed by atoms with Crippen LogP contribution in [0.2, 0.25) is 0 Å². The van der Waals surface area contributed by atoms with Crippen LogP contribution in [-0.4, -0.2) is 25.5 Å². The number of nitrogens with two attached hydrogens (primary N) is 1. The lowest BCUT2D eigenvalue weighted by Gasteiger charge is -2.18. The van der Waals surface area contributed by atoms with Crippen molar-refractivity contribution < 1.29 is 4.79 Å². The van der Waals surface area contributed by atoms with Gasteiger partial charge in [-0.25, -0.2) is 9.31 Å². The SMILES string of the molecule is NC(=O)N1C=Cc2nn3ccncc3c2C1. The second kappa shape index (κ2) is 3.06. The van der Waals surface area contributed by atoms with Gasteiger partial charge in [-0.1, -0.05) is 0 Å². The third-order valence-electron chi connectivity index (χ3n) is 2.60. The lowest BCUT2D eigenvalue weighted by Crippen LogP contribution is -2.31. The van der Waals surface area contributed by atoms with Crippen LogP contribution in [0.1, 0.15) is 11.3 Å². The van der Waals surface area contributed by atoms with Gasteiger partial charge in [-0.2, -0.15) is 5.10 Å². The van der Waals surface area contributed by atoms with Gasteiger partial charge in [0, 0.05) is 24.2 Å². The van der Waals surface area contributed by atoms with E-state index in [2.05, 4.69) is 10.1 Å². The summed E-state index contributed by atoms with van der Waals surface area (Å²) in [5, 5.41) is 4.36. The Kier molecular flexibility index (Phi) is 1.70. The molecule has 2 aromatic rings. The van der Waals surface area contributed by atoms with E-state index in [9.17, 15) is 4.79 Å². The minimum atomic E-state index is -0.467. The van der Waals surface area contributed by atoms with E-state index in [1.165, 1.54) is 4.90 Å². The van der Waals surface area contributed by atoms with E-state index in [4.69, 9.17) is 5.73 Å². The molecule has 0 saturated heterocycles. The van der Waals surface area contributed by atoms with Crippen molar-refractivity contribution in [1.29, 1.82) is 0 Å². The van der Waals surface area contributed by atoms with Crippen molar-refractivity contribution in [1.82, 2.24) is 19.5 Å². The van der Waals surface area contributed by atoms with Crippen molar-refractivity contribution in [2.24, 2.45) is 5.73 Å². The third kappa shape index (κ3) is 1.16. The molecule has 6 nitrogen and oxygen atoms in total. The highest BCUT2D eigenvalue weighted by atomic mass is 16.2. The Hall–Kier alpha value is -2.37. The normalized spacial score (nSPS) is 14.1. The first kappa shape index (κ1) is 8.90. The number of hydrogen-bond acceptors (Lipinski definition) is 3. The van der Waals surface area contributed by atoms with Crippen LogP contribution in [-0.2, 0) is 6.54 Å². The zero-order valence-electron chi connectivity index (χ0n) is 8.37. The summed E-state index contributed by atoms with van der Waals surface area (Å²) in [4.78, 5) is 16.6. The number of aromatic nitrogens is 3. The highest BCUT2D eigenvalue weighted by Crippen LogP contribution is 2.22. The molecule has 2 aromatic heterocycles. The minimum Gasteiger partial charge on any atom is -0.351 e. The number of carbonyl (C=O) groups excluding carboxylic acids is 1. The zero-order chi connectivity index (χ0) is 11.1. The van der Waals surface area contributed by atoms with E-state index < -0.39 is 6.03 Å². The monoisotopic (exact) mass is 215 g/mol. The second-order valence-corrected chi connectivity index (χ2v) is 3.55. The molecule has 2 N–H and O–H groups in total. The van der Waals surface area contributed by atoms with E-state index in [0.29, 0.717) is 6.54 Å². The number of carbonyl (C=O) groups is 1. The highest BCUT2D eigenvalue weighted by Gasteiger charge is 2.19. The van der Waals surface area contributed by atoms with Crippen LogP contribution >= 0.6 is 0 Å². The van der Waals surface area contributed by atoms with Crippen LogP contribution in [0.25, 0.3) is 11.6 Å². The summed E-state index contributed by atoms with van der Waals surface area (Å²) in [7, 11) is 0. The fourth-order valence-corrected chi connectivity index (χ4v) is 1.80. The van der Waals surface area contributed by atoms with Gasteiger partial charge in [0.05, 0.1) is 24.0 Å². The summed E-state index contributed by atoms with van der Waals surface area (Å²) in [5.41, 5.74) is 7.95. The molecule has 3 heterocycles. The average Bonchev–Trinajstić information content (AvgIpc) is 2.66. The van der Waals surface area contributed by atoms with Crippen LogP contribution in [0.5, 0.6) is 0 Å². The van der Waals surface area contributed by atoms with Gasteiger partial charge in [-0.05, 0) is 6.08 Å². The van der Waals surface area contributed by atoms with Gasteiger partial charge in [0.1, 0.15) is 0 Å². The number of nitrogens with zero attached hydrogens (tertiary/aromatic N) is 4. The van der Waals surface area contributed by atoms with Crippen LogP contribution in [0.4, 0.5) is 4.79 Å². The lowest BCUT2D eigenvalue weighted by atomic mass is 10.1. The number of primary amides is 1. The number of hydrogen-bond donors (Lipinski definition) is 1. The summed E-state index contributed by atoms with van der Waals surface area (Å²) < 4.78 is 1.74. The predicted molar refractivity (Wildman–Crippen MR) is 57.1 cm³/mol. The third-order valence-corrected chi connectivity index (χ3v) is 2.60. The van der Waals surface area contributed by atoms with E-state index >= 15 is 0 Å². The van der Waals surface area contributed by atoms with Crippen molar-refractivity contribution in [3.05, 3.63) is 36.0 Å². The molecule has 80 valence electrons. The van der Waals surface area contributed by atoms with Crippen LogP contribution in [0.15, 0.2) is 24.8 Å². The fraction of sp³-hybridized carbons (Fsp3) is 0.100. The molecule has 6 heteroatoms. The molecule has 0 bridgehead atoms. The molecule has 1 aliphatic rings. The molecule has 3 rings (SSSR count).